The van der Waals surface area contributed by atoms with Gasteiger partial charge in [-0.2, -0.15) is 5.26 Å². The first-order chi connectivity index (χ1) is 10.3. The molecule has 1 fully saturated rings. The number of benzene rings is 1. The minimum Gasteiger partial charge on any atom is -0.334 e. The zero-order valence-corrected chi connectivity index (χ0v) is 13.4. The van der Waals surface area contributed by atoms with Crippen LogP contribution in [0.5, 0.6) is 0 Å². The summed E-state index contributed by atoms with van der Waals surface area (Å²) >= 11 is 0. The van der Waals surface area contributed by atoms with Crippen molar-refractivity contribution in [1.82, 2.24) is 4.90 Å². The first-order valence-corrected chi connectivity index (χ1v) is 8.77. The fourth-order valence-corrected chi connectivity index (χ4v) is 4.02. The molecule has 1 amide bonds. The standard InChI is InChI=1S/C16H18N2O3S/c1-12-13(2)22(20,21)9-8-18(12)16(19)7-6-14-4-3-5-15(10-14)11-17/h3-7,10,12-13H,8-9H2,1-2H3. The highest BCUT2D eigenvalue weighted by molar-refractivity contribution is 7.92. The van der Waals surface area contributed by atoms with Crippen LogP contribution in [0.25, 0.3) is 6.08 Å². The van der Waals surface area contributed by atoms with Crippen LogP contribution in [0.3, 0.4) is 0 Å². The molecule has 2 rings (SSSR count). The molecule has 5 nitrogen and oxygen atoms in total. The van der Waals surface area contributed by atoms with Gasteiger partial charge in [0.2, 0.25) is 5.91 Å². The minimum atomic E-state index is -3.11. The summed E-state index contributed by atoms with van der Waals surface area (Å²) in [6.07, 6.45) is 3.07. The maximum Gasteiger partial charge on any atom is 0.246 e. The van der Waals surface area contributed by atoms with Crippen molar-refractivity contribution in [2.45, 2.75) is 25.1 Å². The fourth-order valence-electron chi connectivity index (χ4n) is 2.45. The van der Waals surface area contributed by atoms with Gasteiger partial charge in [-0.3, -0.25) is 4.79 Å². The molecule has 1 aromatic rings. The van der Waals surface area contributed by atoms with Crippen molar-refractivity contribution in [3.63, 3.8) is 0 Å². The second-order valence-corrected chi connectivity index (χ2v) is 7.89. The van der Waals surface area contributed by atoms with E-state index in [-0.39, 0.29) is 24.2 Å². The smallest absolute Gasteiger partial charge is 0.246 e. The molecule has 1 aliphatic heterocycles. The summed E-state index contributed by atoms with van der Waals surface area (Å²) in [4.78, 5) is 13.9. The second kappa shape index (κ2) is 6.32. The van der Waals surface area contributed by atoms with Crippen LogP contribution in [0.1, 0.15) is 25.0 Å². The van der Waals surface area contributed by atoms with Gasteiger partial charge in [0.25, 0.3) is 0 Å². The first kappa shape index (κ1) is 16.2. The molecule has 1 heterocycles. The van der Waals surface area contributed by atoms with Crippen LogP contribution in [-0.4, -0.2) is 42.8 Å². The lowest BCUT2D eigenvalue weighted by atomic mass is 10.1. The molecule has 0 aliphatic carbocycles. The number of rotatable bonds is 2. The van der Waals surface area contributed by atoms with Gasteiger partial charge in [-0.1, -0.05) is 12.1 Å². The monoisotopic (exact) mass is 318 g/mol. The SMILES string of the molecule is CC1C(C)S(=O)(=O)CCN1C(=O)C=Cc1cccc(C#N)c1. The number of amides is 1. The van der Waals surface area contributed by atoms with Gasteiger partial charge >= 0.3 is 0 Å². The van der Waals surface area contributed by atoms with E-state index in [1.54, 1.807) is 49.1 Å². The minimum absolute atomic E-state index is 0.00199. The molecule has 0 aromatic heterocycles. The second-order valence-electron chi connectivity index (χ2n) is 5.41. The van der Waals surface area contributed by atoms with Crippen LogP contribution in [0.2, 0.25) is 0 Å². The number of hydrogen-bond donors (Lipinski definition) is 0. The van der Waals surface area contributed by atoms with Crippen LogP contribution in [0, 0.1) is 11.3 Å². The topological polar surface area (TPSA) is 78.2 Å². The molecule has 1 aromatic carbocycles. The Bertz CT molecular complexity index is 747. The molecule has 1 saturated heterocycles. The van der Waals surface area contributed by atoms with E-state index in [9.17, 15) is 13.2 Å². The zero-order valence-electron chi connectivity index (χ0n) is 12.6. The number of nitriles is 1. The van der Waals surface area contributed by atoms with Gasteiger partial charge in [-0.15, -0.1) is 0 Å². The van der Waals surface area contributed by atoms with Crippen molar-refractivity contribution in [3.05, 3.63) is 41.5 Å². The van der Waals surface area contributed by atoms with E-state index in [0.29, 0.717) is 5.56 Å². The van der Waals surface area contributed by atoms with Crippen molar-refractivity contribution < 1.29 is 13.2 Å². The largest absolute Gasteiger partial charge is 0.334 e. The summed E-state index contributed by atoms with van der Waals surface area (Å²) in [6, 6.07) is 8.64. The third-order valence-corrected chi connectivity index (χ3v) is 6.35. The average molecular weight is 318 g/mol. The lowest BCUT2D eigenvalue weighted by molar-refractivity contribution is -0.127. The maximum absolute atomic E-state index is 12.3. The van der Waals surface area contributed by atoms with Gasteiger partial charge in [0.05, 0.1) is 22.6 Å². The first-order valence-electron chi connectivity index (χ1n) is 7.05. The van der Waals surface area contributed by atoms with E-state index in [1.165, 1.54) is 6.08 Å². The van der Waals surface area contributed by atoms with Gasteiger partial charge in [0.1, 0.15) is 0 Å². The van der Waals surface area contributed by atoms with E-state index >= 15 is 0 Å². The normalized spacial score (nSPS) is 24.1. The molecule has 2 atom stereocenters. The van der Waals surface area contributed by atoms with Gasteiger partial charge in [0, 0.05) is 18.7 Å². The van der Waals surface area contributed by atoms with Crippen LogP contribution >= 0.6 is 0 Å². The number of nitrogens with zero attached hydrogens (tertiary/aromatic N) is 2. The molecule has 6 heteroatoms. The molecule has 0 spiro atoms. The molecule has 116 valence electrons. The third-order valence-electron chi connectivity index (χ3n) is 4.07. The number of carbonyl (C=O) groups is 1. The van der Waals surface area contributed by atoms with Crippen molar-refractivity contribution in [3.8, 4) is 6.07 Å². The van der Waals surface area contributed by atoms with E-state index in [1.807, 2.05) is 6.07 Å². The Morgan fingerprint density at radius 2 is 2.14 bits per heavy atom. The van der Waals surface area contributed by atoms with Gasteiger partial charge < -0.3 is 4.90 Å². The summed E-state index contributed by atoms with van der Waals surface area (Å²) in [7, 11) is -3.11. The molecular weight excluding hydrogens is 300 g/mol. The van der Waals surface area contributed by atoms with Gasteiger partial charge in [-0.05, 0) is 37.6 Å². The van der Waals surface area contributed by atoms with Gasteiger partial charge in [0.15, 0.2) is 9.84 Å². The highest BCUT2D eigenvalue weighted by Crippen LogP contribution is 2.19. The Hall–Kier alpha value is -2.13. The van der Waals surface area contributed by atoms with Crippen LogP contribution < -0.4 is 0 Å². The molecule has 1 aliphatic rings. The Morgan fingerprint density at radius 1 is 1.41 bits per heavy atom. The van der Waals surface area contributed by atoms with Crippen molar-refractivity contribution in [1.29, 1.82) is 5.26 Å². The lowest BCUT2D eigenvalue weighted by Gasteiger charge is -2.36. The van der Waals surface area contributed by atoms with Crippen molar-refractivity contribution in [2.24, 2.45) is 0 Å². The lowest BCUT2D eigenvalue weighted by Crippen LogP contribution is -2.53. The highest BCUT2D eigenvalue weighted by Gasteiger charge is 2.37. The van der Waals surface area contributed by atoms with Crippen LogP contribution in [0.15, 0.2) is 30.3 Å². The van der Waals surface area contributed by atoms with Crippen LogP contribution in [-0.2, 0) is 14.6 Å². The summed E-state index contributed by atoms with van der Waals surface area (Å²) in [5, 5.41) is 8.30. The van der Waals surface area contributed by atoms with Gasteiger partial charge in [-0.25, -0.2) is 8.42 Å². The summed E-state index contributed by atoms with van der Waals surface area (Å²) < 4.78 is 23.6. The quantitative estimate of drug-likeness (QED) is 0.776. The Balaban J connectivity index is 2.12. The molecular formula is C16H18N2O3S. The van der Waals surface area contributed by atoms with Crippen molar-refractivity contribution in [2.75, 3.05) is 12.3 Å². The Labute approximate surface area is 130 Å². The Kier molecular flexibility index (Phi) is 4.67. The molecule has 2 unspecified atom stereocenters. The summed E-state index contributed by atoms with van der Waals surface area (Å²) in [6.45, 7) is 3.61. The zero-order chi connectivity index (χ0) is 16.3. The molecule has 22 heavy (non-hydrogen) atoms. The highest BCUT2D eigenvalue weighted by atomic mass is 32.2. The average Bonchev–Trinajstić information content (AvgIpc) is 2.51. The molecule has 0 bridgehead atoms. The molecule has 0 saturated carbocycles. The van der Waals surface area contributed by atoms with Crippen LogP contribution in [0.4, 0.5) is 0 Å². The number of sulfone groups is 1. The van der Waals surface area contributed by atoms with E-state index in [4.69, 9.17) is 5.26 Å². The maximum atomic E-state index is 12.3. The third kappa shape index (κ3) is 3.37. The van der Waals surface area contributed by atoms with E-state index < -0.39 is 15.1 Å². The predicted molar refractivity (Wildman–Crippen MR) is 84.6 cm³/mol. The van der Waals surface area contributed by atoms with E-state index in [2.05, 4.69) is 0 Å². The fraction of sp³-hybridized carbons (Fsp3) is 0.375. The number of hydrogen-bond acceptors (Lipinski definition) is 4. The molecule has 0 N–H and O–H groups in total. The summed E-state index contributed by atoms with van der Waals surface area (Å²) in [5.74, 6) is -0.209. The summed E-state index contributed by atoms with van der Waals surface area (Å²) in [5.41, 5.74) is 1.29. The van der Waals surface area contributed by atoms with E-state index in [0.717, 1.165) is 5.56 Å². The Morgan fingerprint density at radius 3 is 2.82 bits per heavy atom. The van der Waals surface area contributed by atoms with Crippen molar-refractivity contribution >= 4 is 21.8 Å². The predicted octanol–water partition coefficient (Wildman–Crippen LogP) is 1.61. The molecule has 0 radical (unpaired) electrons. The number of carbonyl (C=O) groups excluding carboxylic acids is 1.